The summed E-state index contributed by atoms with van der Waals surface area (Å²) in [5.74, 6) is -0.602. The number of hydrogen-bond acceptors (Lipinski definition) is 15. The lowest BCUT2D eigenvalue weighted by Gasteiger charge is -2.21. The highest BCUT2D eigenvalue weighted by Gasteiger charge is 2.30. The van der Waals surface area contributed by atoms with Crippen LogP contribution in [0, 0.1) is 11.8 Å². The fourth-order valence-corrected chi connectivity index (χ4v) is 13.2. The van der Waals surface area contributed by atoms with Crippen LogP contribution in [-0.2, 0) is 65.4 Å². The topological polar surface area (TPSA) is 237 Å². The number of aliphatic hydroxyl groups excluding tert-OH is 1. The molecule has 0 saturated carbocycles. The molecule has 0 spiro atoms. The second kappa shape index (κ2) is 67.9. The van der Waals surface area contributed by atoms with Crippen LogP contribution in [0.1, 0.15) is 395 Å². The maximum Gasteiger partial charge on any atom is 0.472 e. The van der Waals surface area contributed by atoms with Crippen LogP contribution in [-0.4, -0.2) is 96.7 Å². The molecule has 0 aromatic heterocycles. The lowest BCUT2D eigenvalue weighted by Crippen LogP contribution is -2.30. The van der Waals surface area contributed by atoms with Gasteiger partial charge in [0.1, 0.15) is 19.3 Å². The van der Waals surface area contributed by atoms with Gasteiger partial charge < -0.3 is 33.8 Å². The first-order chi connectivity index (χ1) is 45.9. The quantitative estimate of drug-likeness (QED) is 0.0222. The lowest BCUT2D eigenvalue weighted by atomic mass is 9.99. The first-order valence-corrected chi connectivity index (χ1v) is 42.5. The van der Waals surface area contributed by atoms with E-state index in [1.165, 1.54) is 212 Å². The molecule has 0 heterocycles. The Morgan fingerprint density at radius 1 is 0.305 bits per heavy atom. The molecule has 0 saturated heterocycles. The van der Waals surface area contributed by atoms with Crippen molar-refractivity contribution >= 4 is 39.5 Å². The standard InChI is InChI=1S/C76H148O17P2/c1-7-10-12-14-16-18-19-20-21-22-23-24-25-30-33-37-41-48-54-60-75(80)92-71(64-87-74(79)59-53-47-40-36-32-29-27-26-28-31-35-38-45-51-57-69(6)9-3)66-90-94(82,83)88-62-70(77)63-89-95(84,85)91-67-72(93-76(81)61-55-49-43-42-44-50-56-68(4)5)65-86-73(78)58-52-46-39-34-17-15-13-11-8-2/h68-72,77H,7-67H2,1-6H3,(H,82,83)(H,84,85)/t69?,70-,71-,72-/m1/s1. The Hall–Kier alpha value is -1.94. The van der Waals surface area contributed by atoms with Crippen molar-refractivity contribution in [3.05, 3.63) is 0 Å². The Kier molecular flexibility index (Phi) is 66.5. The Balaban J connectivity index is 5.19. The van der Waals surface area contributed by atoms with Gasteiger partial charge in [0.2, 0.25) is 0 Å². The van der Waals surface area contributed by atoms with Gasteiger partial charge in [-0.1, -0.05) is 343 Å². The highest BCUT2D eigenvalue weighted by atomic mass is 31.2. The van der Waals surface area contributed by atoms with Crippen LogP contribution in [0.3, 0.4) is 0 Å². The minimum absolute atomic E-state index is 0.102. The van der Waals surface area contributed by atoms with Gasteiger partial charge in [0, 0.05) is 25.7 Å². The van der Waals surface area contributed by atoms with Gasteiger partial charge in [0.05, 0.1) is 26.4 Å². The van der Waals surface area contributed by atoms with Crippen molar-refractivity contribution in [3.63, 3.8) is 0 Å². The van der Waals surface area contributed by atoms with E-state index in [4.69, 9.17) is 37.0 Å². The van der Waals surface area contributed by atoms with E-state index < -0.39 is 97.5 Å². The summed E-state index contributed by atoms with van der Waals surface area (Å²) < 4.78 is 68.4. The molecule has 0 aliphatic rings. The first kappa shape index (κ1) is 93.1. The highest BCUT2D eigenvalue weighted by molar-refractivity contribution is 7.47. The number of carbonyl (C=O) groups excluding carboxylic acids is 4. The number of phosphoric ester groups is 2. The minimum Gasteiger partial charge on any atom is -0.462 e. The Bertz CT molecular complexity index is 1840. The number of rotatable bonds is 75. The summed E-state index contributed by atoms with van der Waals surface area (Å²) in [6.07, 6.45) is 55.7. The summed E-state index contributed by atoms with van der Waals surface area (Å²) in [7, 11) is -9.91. The third-order valence-corrected chi connectivity index (χ3v) is 20.0. The molecule has 6 atom stereocenters. The Labute approximate surface area is 581 Å². The summed E-state index contributed by atoms with van der Waals surface area (Å²) in [6.45, 7) is 9.54. The predicted octanol–water partition coefficient (Wildman–Crippen LogP) is 22.3. The average Bonchev–Trinajstić information content (AvgIpc) is 3.00. The van der Waals surface area contributed by atoms with E-state index >= 15 is 0 Å². The van der Waals surface area contributed by atoms with Crippen molar-refractivity contribution in [1.29, 1.82) is 0 Å². The minimum atomic E-state index is -4.96. The molecule has 0 aromatic carbocycles. The van der Waals surface area contributed by atoms with Crippen molar-refractivity contribution in [2.75, 3.05) is 39.6 Å². The fraction of sp³-hybridized carbons (Fsp3) is 0.947. The number of hydrogen-bond donors (Lipinski definition) is 3. The molecular formula is C76H148O17P2. The predicted molar refractivity (Wildman–Crippen MR) is 386 cm³/mol. The number of carbonyl (C=O) groups is 4. The van der Waals surface area contributed by atoms with Gasteiger partial charge in [-0.05, 0) is 37.5 Å². The van der Waals surface area contributed by atoms with E-state index in [2.05, 4.69) is 41.5 Å². The molecule has 0 bridgehead atoms. The molecule has 19 heteroatoms. The molecule has 95 heavy (non-hydrogen) atoms. The molecule has 564 valence electrons. The third kappa shape index (κ3) is 69.0. The van der Waals surface area contributed by atoms with Crippen LogP contribution >= 0.6 is 15.6 Å². The van der Waals surface area contributed by atoms with Crippen LogP contribution in [0.5, 0.6) is 0 Å². The normalized spacial score (nSPS) is 14.3. The molecule has 0 aliphatic carbocycles. The number of phosphoric acid groups is 2. The lowest BCUT2D eigenvalue weighted by molar-refractivity contribution is -0.161. The van der Waals surface area contributed by atoms with Crippen molar-refractivity contribution < 1.29 is 80.2 Å². The van der Waals surface area contributed by atoms with E-state index in [9.17, 15) is 43.2 Å². The second-order valence-electron chi connectivity index (χ2n) is 28.1. The van der Waals surface area contributed by atoms with Gasteiger partial charge in [-0.2, -0.15) is 0 Å². The van der Waals surface area contributed by atoms with Gasteiger partial charge >= 0.3 is 39.5 Å². The Morgan fingerprint density at radius 2 is 0.537 bits per heavy atom. The van der Waals surface area contributed by atoms with Crippen molar-refractivity contribution in [1.82, 2.24) is 0 Å². The monoisotopic (exact) mass is 1400 g/mol. The van der Waals surface area contributed by atoms with Gasteiger partial charge in [-0.15, -0.1) is 0 Å². The molecule has 17 nitrogen and oxygen atoms in total. The van der Waals surface area contributed by atoms with Crippen LogP contribution in [0.4, 0.5) is 0 Å². The molecule has 0 radical (unpaired) electrons. The molecule has 0 amide bonds. The van der Waals surface area contributed by atoms with Crippen LogP contribution in [0.2, 0.25) is 0 Å². The summed E-state index contributed by atoms with van der Waals surface area (Å²) in [6, 6.07) is 0. The van der Waals surface area contributed by atoms with Gasteiger partial charge in [0.25, 0.3) is 0 Å². The van der Waals surface area contributed by atoms with E-state index in [1.54, 1.807) is 0 Å². The Morgan fingerprint density at radius 3 is 0.800 bits per heavy atom. The zero-order valence-corrected chi connectivity index (χ0v) is 63.8. The summed E-state index contributed by atoms with van der Waals surface area (Å²) >= 11 is 0. The van der Waals surface area contributed by atoms with E-state index in [0.29, 0.717) is 31.6 Å². The number of esters is 4. The van der Waals surface area contributed by atoms with Crippen molar-refractivity contribution in [2.24, 2.45) is 11.8 Å². The fourth-order valence-electron chi connectivity index (χ4n) is 11.6. The molecule has 0 fully saturated rings. The second-order valence-corrected chi connectivity index (χ2v) is 31.0. The smallest absolute Gasteiger partial charge is 0.462 e. The zero-order chi connectivity index (χ0) is 70.0. The van der Waals surface area contributed by atoms with E-state index in [1.807, 2.05) is 0 Å². The zero-order valence-electron chi connectivity index (χ0n) is 62.0. The van der Waals surface area contributed by atoms with E-state index in [0.717, 1.165) is 95.8 Å². The van der Waals surface area contributed by atoms with Crippen LogP contribution < -0.4 is 0 Å². The van der Waals surface area contributed by atoms with Gasteiger partial charge in [0.15, 0.2) is 12.2 Å². The molecule has 0 aliphatic heterocycles. The number of ether oxygens (including phenoxy) is 4. The van der Waals surface area contributed by atoms with Gasteiger partial charge in [-0.25, -0.2) is 9.13 Å². The molecule has 3 unspecified atom stereocenters. The first-order valence-electron chi connectivity index (χ1n) is 39.5. The number of unbranched alkanes of at least 4 members (excludes halogenated alkanes) is 44. The van der Waals surface area contributed by atoms with Crippen molar-refractivity contribution in [3.8, 4) is 0 Å². The largest absolute Gasteiger partial charge is 0.472 e. The molecular weight excluding hydrogens is 1250 g/mol. The maximum atomic E-state index is 13.1. The van der Waals surface area contributed by atoms with Crippen molar-refractivity contribution in [2.45, 2.75) is 413 Å². The van der Waals surface area contributed by atoms with Crippen LogP contribution in [0.15, 0.2) is 0 Å². The summed E-state index contributed by atoms with van der Waals surface area (Å²) in [4.78, 5) is 72.7. The SMILES string of the molecule is CCCCCCCCCCCCCCCCCCCCCC(=O)O[C@H](COC(=O)CCCCCCCCCCCCCCCCC(C)CC)COP(=O)(O)OC[C@@H](O)COP(=O)(O)OC[C@@H](COC(=O)CCCCCCCCCCC)OC(=O)CCCCCCCCC(C)C. The van der Waals surface area contributed by atoms with Gasteiger partial charge in [-0.3, -0.25) is 37.3 Å². The molecule has 0 aromatic rings. The van der Waals surface area contributed by atoms with Crippen LogP contribution in [0.25, 0.3) is 0 Å². The summed E-state index contributed by atoms with van der Waals surface area (Å²) in [5.41, 5.74) is 0. The summed E-state index contributed by atoms with van der Waals surface area (Å²) in [5, 5.41) is 10.6. The van der Waals surface area contributed by atoms with E-state index in [-0.39, 0.29) is 25.7 Å². The molecule has 0 rings (SSSR count). The number of aliphatic hydroxyl groups is 1. The average molecular weight is 1400 g/mol. The third-order valence-electron chi connectivity index (χ3n) is 18.1. The molecule has 3 N–H and O–H groups in total. The highest BCUT2D eigenvalue weighted by Crippen LogP contribution is 2.45. The maximum absolute atomic E-state index is 13.1.